The number of nitrogens with zero attached hydrogens (tertiary/aromatic N) is 5. The van der Waals surface area contributed by atoms with Crippen molar-refractivity contribution in [2.24, 2.45) is 5.92 Å². The van der Waals surface area contributed by atoms with Gasteiger partial charge in [-0.3, -0.25) is 0 Å². The van der Waals surface area contributed by atoms with Crippen LogP contribution in [0.15, 0.2) is 43.1 Å². The number of halogens is 1. The Labute approximate surface area is 185 Å². The highest BCUT2D eigenvalue weighted by Crippen LogP contribution is 2.44. The van der Waals surface area contributed by atoms with Gasteiger partial charge in [0.05, 0.1) is 23.8 Å². The van der Waals surface area contributed by atoms with Crippen LogP contribution in [0.2, 0.25) is 0 Å². The Morgan fingerprint density at radius 1 is 1.22 bits per heavy atom. The molecule has 0 unspecified atom stereocenters. The van der Waals surface area contributed by atoms with Crippen LogP contribution in [0.4, 0.5) is 4.39 Å². The van der Waals surface area contributed by atoms with E-state index in [0.717, 1.165) is 18.5 Å². The summed E-state index contributed by atoms with van der Waals surface area (Å²) in [6, 6.07) is 5.24. The molecule has 3 aromatic rings. The molecule has 2 aliphatic heterocycles. The summed E-state index contributed by atoms with van der Waals surface area (Å²) in [5.74, 6) is 0.501. The van der Waals surface area contributed by atoms with Gasteiger partial charge in [-0.15, -0.1) is 5.10 Å². The predicted octanol–water partition coefficient (Wildman–Crippen LogP) is 3.46. The number of nitrogens with one attached hydrogen (secondary N) is 1. The molecule has 5 rings (SSSR count). The molecule has 0 spiro atoms. The van der Waals surface area contributed by atoms with Crippen molar-refractivity contribution in [3.63, 3.8) is 0 Å². The van der Waals surface area contributed by atoms with Gasteiger partial charge in [0.2, 0.25) is 0 Å². The van der Waals surface area contributed by atoms with Gasteiger partial charge in [0.1, 0.15) is 17.5 Å². The number of rotatable bonds is 4. The third kappa shape index (κ3) is 3.70. The zero-order chi connectivity index (χ0) is 22.5. The second-order valence-electron chi connectivity index (χ2n) is 9.68. The Hall–Kier alpha value is -3.07. The number of alkyl halides is 1. The van der Waals surface area contributed by atoms with E-state index in [4.69, 9.17) is 4.74 Å². The molecule has 2 saturated heterocycles. The van der Waals surface area contributed by atoms with Crippen LogP contribution in [0, 0.1) is 5.92 Å². The molecular weight excluding hydrogens is 411 g/mol. The summed E-state index contributed by atoms with van der Waals surface area (Å²) in [6.07, 6.45) is 7.03. The summed E-state index contributed by atoms with van der Waals surface area (Å²) in [7, 11) is 0. The molecule has 0 saturated carbocycles. The van der Waals surface area contributed by atoms with E-state index < -0.39 is 17.8 Å². The molecule has 2 aliphatic rings. The first-order chi connectivity index (χ1) is 15.2. The Morgan fingerprint density at radius 2 is 2.06 bits per heavy atom. The fraction of sp³-hybridized carbons (Fsp3) is 0.478. The fourth-order valence-corrected chi connectivity index (χ4v) is 5.62. The molecule has 2 bridgehead atoms. The van der Waals surface area contributed by atoms with Gasteiger partial charge in [0.25, 0.3) is 0 Å². The molecule has 0 amide bonds. The van der Waals surface area contributed by atoms with Gasteiger partial charge < -0.3 is 19.7 Å². The number of aromatic hydroxyl groups is 1. The summed E-state index contributed by atoms with van der Waals surface area (Å²) in [5.41, 5.74) is 0.848. The maximum absolute atomic E-state index is 15.4. The van der Waals surface area contributed by atoms with Crippen LogP contribution < -0.4 is 10.1 Å². The SMILES string of the molecule is C[C@@H]1C[C@@]2(C)C[C@H](Oc3ncc(-c4ccc(-n5ccnc5)cc4O)nn3)[C@@H](F)[C@@](C)(C1)N2. The number of hydrogen-bond donors (Lipinski definition) is 2. The second kappa shape index (κ2) is 7.51. The Morgan fingerprint density at radius 3 is 2.75 bits per heavy atom. The van der Waals surface area contributed by atoms with Crippen molar-refractivity contribution in [2.45, 2.75) is 63.4 Å². The lowest BCUT2D eigenvalue weighted by atomic mass is 9.65. The highest BCUT2D eigenvalue weighted by atomic mass is 19.1. The van der Waals surface area contributed by atoms with Crippen molar-refractivity contribution in [2.75, 3.05) is 0 Å². The molecular formula is C23H27FN6O2. The van der Waals surface area contributed by atoms with Crippen LogP contribution >= 0.6 is 0 Å². The lowest BCUT2D eigenvalue weighted by Gasteiger charge is -2.56. The number of phenols is 1. The first-order valence-electron chi connectivity index (χ1n) is 10.9. The van der Waals surface area contributed by atoms with Crippen LogP contribution in [-0.4, -0.2) is 53.2 Å². The summed E-state index contributed by atoms with van der Waals surface area (Å²) in [5, 5.41) is 22.2. The van der Waals surface area contributed by atoms with E-state index in [-0.39, 0.29) is 17.3 Å². The molecule has 4 heterocycles. The third-order valence-electron chi connectivity index (χ3n) is 6.60. The van der Waals surface area contributed by atoms with Gasteiger partial charge >= 0.3 is 6.01 Å². The molecule has 0 radical (unpaired) electrons. The van der Waals surface area contributed by atoms with Gasteiger partial charge in [-0.1, -0.05) is 12.0 Å². The van der Waals surface area contributed by atoms with Gasteiger partial charge in [-0.25, -0.2) is 14.4 Å². The number of hydrogen-bond acceptors (Lipinski definition) is 7. The van der Waals surface area contributed by atoms with Crippen LogP contribution in [0.3, 0.4) is 0 Å². The molecule has 8 nitrogen and oxygen atoms in total. The van der Waals surface area contributed by atoms with Gasteiger partial charge in [-0.05, 0) is 44.7 Å². The molecule has 9 heteroatoms. The number of ether oxygens (including phenoxy) is 1. The summed E-state index contributed by atoms with van der Waals surface area (Å²) in [6.45, 7) is 6.23. The smallest absolute Gasteiger partial charge is 0.336 e. The number of imidazole rings is 1. The zero-order valence-electron chi connectivity index (χ0n) is 18.4. The van der Waals surface area contributed by atoms with E-state index in [1.54, 1.807) is 35.4 Å². The Kier molecular flexibility index (Phi) is 4.88. The summed E-state index contributed by atoms with van der Waals surface area (Å²) < 4.78 is 23.1. The van der Waals surface area contributed by atoms with Crippen LogP contribution in [0.25, 0.3) is 16.9 Å². The average molecular weight is 439 g/mol. The molecule has 168 valence electrons. The molecule has 32 heavy (non-hydrogen) atoms. The molecule has 2 aromatic heterocycles. The fourth-order valence-electron chi connectivity index (χ4n) is 5.62. The highest BCUT2D eigenvalue weighted by molar-refractivity contribution is 5.67. The average Bonchev–Trinajstić information content (AvgIpc) is 3.26. The van der Waals surface area contributed by atoms with Crippen LogP contribution in [0.1, 0.15) is 40.0 Å². The molecule has 1 aromatic carbocycles. The minimum absolute atomic E-state index is 0.0381. The van der Waals surface area contributed by atoms with Crippen molar-refractivity contribution < 1.29 is 14.2 Å². The standard InChI is InChI=1S/C23H27FN6O2/c1-14-9-22(2)11-19(20(24)23(3,10-14)29-22)32-21-26-12-17(27-28-21)16-5-4-15(8-18(16)31)30-7-6-25-13-30/h4-8,12-14,19-20,29,31H,9-11H2,1-3H3/t14-,19+,20-,22+,23-/m1/s1. The number of phenolic OH excluding ortho intramolecular Hbond substituents is 1. The molecule has 0 aliphatic carbocycles. The van der Waals surface area contributed by atoms with Crippen molar-refractivity contribution >= 4 is 0 Å². The first kappa shape index (κ1) is 20.8. The predicted molar refractivity (Wildman–Crippen MR) is 116 cm³/mol. The minimum atomic E-state index is -1.18. The molecule has 5 atom stereocenters. The van der Waals surface area contributed by atoms with Gasteiger partial charge in [-0.2, -0.15) is 0 Å². The summed E-state index contributed by atoms with van der Waals surface area (Å²) in [4.78, 5) is 8.25. The lowest BCUT2D eigenvalue weighted by molar-refractivity contribution is -0.0763. The molecule has 2 N–H and O–H groups in total. The van der Waals surface area contributed by atoms with E-state index in [1.165, 1.54) is 6.20 Å². The largest absolute Gasteiger partial charge is 0.507 e. The van der Waals surface area contributed by atoms with E-state index in [2.05, 4.69) is 39.3 Å². The Bertz CT molecular complexity index is 1110. The van der Waals surface area contributed by atoms with E-state index in [9.17, 15) is 5.11 Å². The summed E-state index contributed by atoms with van der Waals surface area (Å²) >= 11 is 0. The topological polar surface area (TPSA) is 98.0 Å². The normalized spacial score (nSPS) is 31.9. The van der Waals surface area contributed by atoms with E-state index >= 15 is 4.39 Å². The highest BCUT2D eigenvalue weighted by Gasteiger charge is 2.55. The van der Waals surface area contributed by atoms with Crippen LogP contribution in [-0.2, 0) is 0 Å². The van der Waals surface area contributed by atoms with Gasteiger partial charge in [0, 0.05) is 36.0 Å². The minimum Gasteiger partial charge on any atom is -0.507 e. The number of aromatic nitrogens is 5. The van der Waals surface area contributed by atoms with Crippen molar-refractivity contribution in [3.05, 3.63) is 43.1 Å². The third-order valence-corrected chi connectivity index (χ3v) is 6.60. The number of fused-ring (bicyclic) bond motifs is 2. The van der Waals surface area contributed by atoms with Crippen molar-refractivity contribution in [1.29, 1.82) is 0 Å². The Balaban J connectivity index is 1.33. The maximum atomic E-state index is 15.4. The van der Waals surface area contributed by atoms with E-state index in [1.807, 2.05) is 13.0 Å². The monoisotopic (exact) mass is 438 g/mol. The second-order valence-corrected chi connectivity index (χ2v) is 9.68. The lowest BCUT2D eigenvalue weighted by Crippen LogP contribution is -2.72. The first-order valence-corrected chi connectivity index (χ1v) is 10.9. The molecule has 2 fully saturated rings. The maximum Gasteiger partial charge on any atom is 0.336 e. The quantitative estimate of drug-likeness (QED) is 0.644. The zero-order valence-corrected chi connectivity index (χ0v) is 18.4. The number of benzene rings is 1. The number of piperidine rings is 2. The van der Waals surface area contributed by atoms with Crippen molar-refractivity contribution in [1.82, 2.24) is 30.0 Å². The van der Waals surface area contributed by atoms with E-state index in [0.29, 0.717) is 23.6 Å². The van der Waals surface area contributed by atoms with Crippen molar-refractivity contribution in [3.8, 4) is 28.7 Å². The van der Waals surface area contributed by atoms with Crippen LogP contribution in [0.5, 0.6) is 11.8 Å². The van der Waals surface area contributed by atoms with Gasteiger partial charge in [0.15, 0.2) is 6.17 Å².